The van der Waals surface area contributed by atoms with E-state index < -0.39 is 17.9 Å². The second-order valence-electron chi connectivity index (χ2n) is 5.79. The summed E-state index contributed by atoms with van der Waals surface area (Å²) in [6.45, 7) is 0. The van der Waals surface area contributed by atoms with E-state index >= 15 is 0 Å². The molecule has 1 aliphatic carbocycles. The Morgan fingerprint density at radius 3 is 2.67 bits per heavy atom. The zero-order valence-corrected chi connectivity index (χ0v) is 14.0. The first-order chi connectivity index (χ1) is 11.6. The summed E-state index contributed by atoms with van der Waals surface area (Å²) >= 11 is 1.60. The Morgan fingerprint density at radius 2 is 2.08 bits per heavy atom. The largest absolute Gasteiger partial charge is 0.481 e. The lowest BCUT2D eigenvalue weighted by molar-refractivity contribution is -0.137. The van der Waals surface area contributed by atoms with E-state index in [1.165, 1.54) is 0 Å². The number of nitrogens with zero attached hydrogens (tertiary/aromatic N) is 1. The van der Waals surface area contributed by atoms with Crippen molar-refractivity contribution < 1.29 is 19.2 Å². The summed E-state index contributed by atoms with van der Waals surface area (Å²) < 4.78 is 5.09. The smallest absolute Gasteiger partial charge is 0.305 e. The molecule has 1 fully saturated rings. The van der Waals surface area contributed by atoms with Crippen molar-refractivity contribution in [1.29, 1.82) is 0 Å². The molecule has 0 saturated heterocycles. The van der Waals surface area contributed by atoms with Crippen LogP contribution in [0.5, 0.6) is 0 Å². The molecule has 6 nitrogen and oxygen atoms in total. The number of nitrogens with one attached hydrogen (secondary N) is 1. The van der Waals surface area contributed by atoms with Gasteiger partial charge in [0.1, 0.15) is 0 Å². The van der Waals surface area contributed by atoms with E-state index in [0.29, 0.717) is 5.92 Å². The average Bonchev–Trinajstić information content (AvgIpc) is 3.30. The van der Waals surface area contributed by atoms with Crippen LogP contribution < -0.4 is 5.32 Å². The molecule has 0 bridgehead atoms. The van der Waals surface area contributed by atoms with Crippen molar-refractivity contribution >= 4 is 23.6 Å². The van der Waals surface area contributed by atoms with Crippen LogP contribution >= 0.6 is 11.8 Å². The first-order valence-electron chi connectivity index (χ1n) is 7.70. The highest BCUT2D eigenvalue weighted by molar-refractivity contribution is 7.98. The van der Waals surface area contributed by atoms with Gasteiger partial charge in [-0.25, -0.2) is 0 Å². The van der Waals surface area contributed by atoms with Crippen molar-refractivity contribution in [2.24, 2.45) is 0 Å². The van der Waals surface area contributed by atoms with Crippen molar-refractivity contribution in [2.45, 2.75) is 36.1 Å². The summed E-state index contributed by atoms with van der Waals surface area (Å²) in [5.41, 5.74) is 1.53. The molecular weight excluding hydrogens is 328 g/mol. The number of hydrogen-bond donors (Lipinski definition) is 2. The maximum Gasteiger partial charge on any atom is 0.305 e. The molecular formula is C17H18N2O4S. The first-order valence-corrected chi connectivity index (χ1v) is 8.92. The van der Waals surface area contributed by atoms with E-state index in [1.54, 1.807) is 17.8 Å². The molecule has 1 aromatic heterocycles. The third-order valence-electron chi connectivity index (χ3n) is 3.95. The van der Waals surface area contributed by atoms with E-state index in [0.717, 1.165) is 29.0 Å². The normalized spacial score (nSPS) is 15.0. The van der Waals surface area contributed by atoms with Crippen molar-refractivity contribution in [3.05, 3.63) is 47.3 Å². The number of rotatable bonds is 7. The second kappa shape index (κ2) is 7.09. The first kappa shape index (κ1) is 16.6. The molecule has 2 aromatic rings. The van der Waals surface area contributed by atoms with Crippen molar-refractivity contribution in [3.8, 4) is 0 Å². The van der Waals surface area contributed by atoms with Crippen LogP contribution in [0.4, 0.5) is 0 Å². The number of aromatic nitrogens is 1. The molecule has 1 unspecified atom stereocenters. The lowest BCUT2D eigenvalue weighted by Crippen LogP contribution is -2.30. The minimum Gasteiger partial charge on any atom is -0.481 e. The van der Waals surface area contributed by atoms with E-state index in [-0.39, 0.29) is 12.2 Å². The van der Waals surface area contributed by atoms with Gasteiger partial charge in [-0.2, -0.15) is 0 Å². The van der Waals surface area contributed by atoms with E-state index in [9.17, 15) is 9.59 Å². The van der Waals surface area contributed by atoms with Crippen LogP contribution in [0.2, 0.25) is 0 Å². The van der Waals surface area contributed by atoms with Crippen LogP contribution in [0.3, 0.4) is 0 Å². The Hall–Kier alpha value is -2.28. The highest BCUT2D eigenvalue weighted by Crippen LogP contribution is 2.39. The monoisotopic (exact) mass is 346 g/mol. The fraction of sp³-hybridized carbons (Fsp3) is 0.353. The second-order valence-corrected chi connectivity index (χ2v) is 6.67. The topological polar surface area (TPSA) is 92.4 Å². The maximum absolute atomic E-state index is 12.3. The number of aliphatic carboxylic acids is 1. The summed E-state index contributed by atoms with van der Waals surface area (Å²) in [6.07, 6.45) is 3.90. The third-order valence-corrected chi connectivity index (χ3v) is 4.69. The van der Waals surface area contributed by atoms with Crippen molar-refractivity contribution in [3.63, 3.8) is 0 Å². The minimum atomic E-state index is -0.981. The lowest BCUT2D eigenvalue weighted by atomic mass is 10.0. The summed E-state index contributed by atoms with van der Waals surface area (Å²) in [6, 6.07) is 8.48. The Morgan fingerprint density at radius 1 is 1.38 bits per heavy atom. The van der Waals surface area contributed by atoms with Crippen LogP contribution in [0, 0.1) is 0 Å². The van der Waals surface area contributed by atoms with Gasteiger partial charge in [0.05, 0.1) is 18.2 Å². The van der Waals surface area contributed by atoms with Gasteiger partial charge in [-0.3, -0.25) is 9.59 Å². The number of carboxylic acid groups (broad SMARTS) is 1. The number of carbonyl (C=O) groups is 2. The van der Waals surface area contributed by atoms with Gasteiger partial charge in [-0.1, -0.05) is 17.3 Å². The van der Waals surface area contributed by atoms with Crippen LogP contribution in [0.1, 0.15) is 53.0 Å². The molecule has 1 amide bonds. The summed E-state index contributed by atoms with van der Waals surface area (Å²) in [4.78, 5) is 24.6. The van der Waals surface area contributed by atoms with Crippen molar-refractivity contribution in [2.75, 3.05) is 6.26 Å². The molecule has 1 aliphatic rings. The highest BCUT2D eigenvalue weighted by atomic mass is 32.2. The molecule has 0 spiro atoms. The molecule has 3 rings (SSSR count). The van der Waals surface area contributed by atoms with Gasteiger partial charge >= 0.3 is 5.97 Å². The van der Waals surface area contributed by atoms with Crippen LogP contribution in [-0.4, -0.2) is 28.4 Å². The number of carboxylic acids is 1. The molecule has 0 aliphatic heterocycles. The Balaban J connectivity index is 1.74. The predicted octanol–water partition coefficient (Wildman–Crippen LogP) is 3.22. The maximum atomic E-state index is 12.3. The highest BCUT2D eigenvalue weighted by Gasteiger charge is 2.29. The number of thioether (sulfide) groups is 1. The van der Waals surface area contributed by atoms with Gasteiger partial charge in [0.25, 0.3) is 5.91 Å². The molecule has 24 heavy (non-hydrogen) atoms. The molecule has 1 heterocycles. The fourth-order valence-corrected chi connectivity index (χ4v) is 2.87. The van der Waals surface area contributed by atoms with Gasteiger partial charge in [0, 0.05) is 16.9 Å². The van der Waals surface area contributed by atoms with Gasteiger partial charge in [-0.05, 0) is 36.8 Å². The van der Waals surface area contributed by atoms with Gasteiger partial charge in [0.15, 0.2) is 0 Å². The Kier molecular flexibility index (Phi) is 4.89. The van der Waals surface area contributed by atoms with Crippen molar-refractivity contribution in [1.82, 2.24) is 10.5 Å². The standard InChI is InChI=1S/C17H18N2O4S/c1-24-12-6-4-10(5-7-12)13(9-16(20)21)18-17(22)15-8-14(19-23-15)11-2-3-11/h4-8,11,13H,2-3,9H2,1H3,(H,18,22)(H,20,21). The summed E-state index contributed by atoms with van der Waals surface area (Å²) in [5.74, 6) is -0.919. The molecule has 1 atom stereocenters. The van der Waals surface area contributed by atoms with Gasteiger partial charge in [-0.15, -0.1) is 11.8 Å². The minimum absolute atomic E-state index is 0.119. The summed E-state index contributed by atoms with van der Waals surface area (Å²) in [5, 5.41) is 15.8. The van der Waals surface area contributed by atoms with Crippen LogP contribution in [0.25, 0.3) is 0 Å². The molecule has 126 valence electrons. The van der Waals surface area contributed by atoms with E-state index in [1.807, 2.05) is 30.5 Å². The number of hydrogen-bond acceptors (Lipinski definition) is 5. The lowest BCUT2D eigenvalue weighted by Gasteiger charge is -2.16. The molecule has 1 saturated carbocycles. The quantitative estimate of drug-likeness (QED) is 0.748. The zero-order chi connectivity index (χ0) is 17.1. The summed E-state index contributed by atoms with van der Waals surface area (Å²) in [7, 11) is 0. The third kappa shape index (κ3) is 3.97. The predicted molar refractivity (Wildman–Crippen MR) is 89.2 cm³/mol. The Labute approximate surface area is 143 Å². The fourth-order valence-electron chi connectivity index (χ4n) is 2.46. The SMILES string of the molecule is CSc1ccc(C(CC(=O)O)NC(=O)c2cc(C3CC3)no2)cc1. The van der Waals surface area contributed by atoms with E-state index in [4.69, 9.17) is 9.63 Å². The average molecular weight is 346 g/mol. The van der Waals surface area contributed by atoms with Gasteiger partial charge in [0.2, 0.25) is 5.76 Å². The molecule has 7 heteroatoms. The number of benzene rings is 1. The van der Waals surface area contributed by atoms with Gasteiger partial charge < -0.3 is 14.9 Å². The van der Waals surface area contributed by atoms with E-state index in [2.05, 4.69) is 10.5 Å². The van der Waals surface area contributed by atoms with Crippen LogP contribution in [0.15, 0.2) is 39.8 Å². The number of carbonyl (C=O) groups excluding carboxylic acids is 1. The molecule has 2 N–H and O–H groups in total. The number of amides is 1. The Bertz CT molecular complexity index is 737. The molecule has 1 aromatic carbocycles. The molecule has 0 radical (unpaired) electrons. The zero-order valence-electron chi connectivity index (χ0n) is 13.2. The van der Waals surface area contributed by atoms with Crippen LogP contribution in [-0.2, 0) is 4.79 Å².